The molecule has 2 fully saturated rings. The van der Waals surface area contributed by atoms with E-state index in [2.05, 4.69) is 27.0 Å². The van der Waals surface area contributed by atoms with Gasteiger partial charge in [-0.05, 0) is 68.7 Å². The summed E-state index contributed by atoms with van der Waals surface area (Å²) in [4.78, 5) is 5.29. The highest BCUT2D eigenvalue weighted by Gasteiger charge is 2.28. The quantitative estimate of drug-likeness (QED) is 0.865. The van der Waals surface area contributed by atoms with Gasteiger partial charge < -0.3 is 4.74 Å². The average molecular weight is 326 g/mol. The van der Waals surface area contributed by atoms with Crippen LogP contribution in [-0.2, 0) is 6.54 Å². The minimum atomic E-state index is 0.742. The molecule has 0 unspecified atom stereocenters. The van der Waals surface area contributed by atoms with Gasteiger partial charge in [-0.2, -0.15) is 5.10 Å². The fourth-order valence-electron chi connectivity index (χ4n) is 4.12. The van der Waals surface area contributed by atoms with E-state index < -0.39 is 0 Å². The molecule has 24 heavy (non-hydrogen) atoms. The summed E-state index contributed by atoms with van der Waals surface area (Å²) in [5.41, 5.74) is 2.43. The molecule has 1 atom stereocenters. The normalized spacial score (nSPS) is 22.3. The molecule has 0 aliphatic carbocycles. The topological polar surface area (TPSA) is 33.5 Å². The van der Waals surface area contributed by atoms with Crippen LogP contribution in [0.3, 0.4) is 0 Å². The Balaban J connectivity index is 1.58. The molecule has 0 N–H and O–H groups in total. The Morgan fingerprint density at radius 1 is 1.21 bits per heavy atom. The fraction of sp³-hybridized carbons (Fsp3) is 0.526. The maximum Gasteiger partial charge on any atom is 0.119 e. The van der Waals surface area contributed by atoms with Crippen molar-refractivity contribution in [2.75, 3.05) is 33.3 Å². The van der Waals surface area contributed by atoms with Gasteiger partial charge in [-0.1, -0.05) is 0 Å². The first-order valence-corrected chi connectivity index (χ1v) is 8.97. The minimum Gasteiger partial charge on any atom is -0.497 e. The molecule has 2 aliphatic rings. The number of benzene rings is 1. The van der Waals surface area contributed by atoms with Crippen molar-refractivity contribution < 1.29 is 4.74 Å². The molecule has 5 nitrogen and oxygen atoms in total. The molecule has 0 amide bonds. The van der Waals surface area contributed by atoms with E-state index in [9.17, 15) is 0 Å². The SMILES string of the molecule is COc1ccc(-n2cccn2)c(CN2CCCN3CCC[C@H]3C2)c1. The summed E-state index contributed by atoms with van der Waals surface area (Å²) < 4.78 is 7.41. The van der Waals surface area contributed by atoms with E-state index in [-0.39, 0.29) is 0 Å². The van der Waals surface area contributed by atoms with Crippen LogP contribution >= 0.6 is 0 Å². The summed E-state index contributed by atoms with van der Waals surface area (Å²) >= 11 is 0. The number of hydrogen-bond donors (Lipinski definition) is 0. The van der Waals surface area contributed by atoms with Crippen molar-refractivity contribution in [2.24, 2.45) is 0 Å². The summed E-state index contributed by atoms with van der Waals surface area (Å²) in [6.45, 7) is 5.84. The standard InChI is InChI=1S/C19H26N4O/c1-24-18-6-7-19(23-12-3-8-20-23)16(13-18)14-21-9-4-11-22-10-2-5-17(22)15-21/h3,6-8,12-13,17H,2,4-5,9-11,14-15H2,1H3/t17-/m0/s1. The largest absolute Gasteiger partial charge is 0.497 e. The Morgan fingerprint density at radius 3 is 2.96 bits per heavy atom. The molecule has 2 aromatic rings. The molecule has 0 saturated carbocycles. The third-order valence-electron chi connectivity index (χ3n) is 5.32. The fourth-order valence-corrected chi connectivity index (χ4v) is 4.12. The highest BCUT2D eigenvalue weighted by molar-refractivity contribution is 5.45. The van der Waals surface area contributed by atoms with Gasteiger partial charge in [-0.3, -0.25) is 9.80 Å². The predicted molar refractivity (Wildman–Crippen MR) is 94.6 cm³/mol. The van der Waals surface area contributed by atoms with Crippen molar-refractivity contribution in [3.8, 4) is 11.4 Å². The number of fused-ring (bicyclic) bond motifs is 1. The van der Waals surface area contributed by atoms with Crippen molar-refractivity contribution in [3.63, 3.8) is 0 Å². The van der Waals surface area contributed by atoms with Gasteiger partial charge in [0.05, 0.1) is 12.8 Å². The Kier molecular flexibility index (Phi) is 4.54. The van der Waals surface area contributed by atoms with Crippen LogP contribution in [0.1, 0.15) is 24.8 Å². The summed E-state index contributed by atoms with van der Waals surface area (Å²) in [5, 5.41) is 4.42. The van der Waals surface area contributed by atoms with E-state index in [1.807, 2.05) is 29.2 Å². The lowest BCUT2D eigenvalue weighted by Crippen LogP contribution is -2.36. The van der Waals surface area contributed by atoms with Gasteiger partial charge >= 0.3 is 0 Å². The van der Waals surface area contributed by atoms with E-state index >= 15 is 0 Å². The first-order chi connectivity index (χ1) is 11.8. The van der Waals surface area contributed by atoms with Crippen LogP contribution in [0.15, 0.2) is 36.7 Å². The number of ether oxygens (including phenoxy) is 1. The summed E-state index contributed by atoms with van der Waals surface area (Å²) in [6, 6.07) is 9.00. The lowest BCUT2D eigenvalue weighted by atomic mass is 10.1. The lowest BCUT2D eigenvalue weighted by molar-refractivity contribution is 0.215. The smallest absolute Gasteiger partial charge is 0.119 e. The molecule has 0 radical (unpaired) electrons. The van der Waals surface area contributed by atoms with Crippen molar-refractivity contribution in [1.29, 1.82) is 0 Å². The number of aromatic nitrogens is 2. The second kappa shape index (κ2) is 6.95. The third kappa shape index (κ3) is 3.19. The predicted octanol–water partition coefficient (Wildman–Crippen LogP) is 2.55. The molecule has 128 valence electrons. The molecule has 0 spiro atoms. The Bertz CT molecular complexity index is 670. The second-order valence-electron chi connectivity index (χ2n) is 6.87. The van der Waals surface area contributed by atoms with Crippen molar-refractivity contribution in [3.05, 3.63) is 42.2 Å². The molecule has 4 rings (SSSR count). The molecule has 1 aromatic carbocycles. The molecular weight excluding hydrogens is 300 g/mol. The van der Waals surface area contributed by atoms with E-state index in [0.717, 1.165) is 24.0 Å². The van der Waals surface area contributed by atoms with Crippen LogP contribution in [-0.4, -0.2) is 58.9 Å². The van der Waals surface area contributed by atoms with Crippen LogP contribution < -0.4 is 4.74 Å². The first-order valence-electron chi connectivity index (χ1n) is 8.97. The van der Waals surface area contributed by atoms with Crippen LogP contribution in [0.2, 0.25) is 0 Å². The highest BCUT2D eigenvalue weighted by Crippen LogP contribution is 2.25. The summed E-state index contributed by atoms with van der Waals surface area (Å²) in [5.74, 6) is 0.915. The Hall–Kier alpha value is -1.85. The summed E-state index contributed by atoms with van der Waals surface area (Å²) in [7, 11) is 1.73. The third-order valence-corrected chi connectivity index (χ3v) is 5.32. The zero-order valence-corrected chi connectivity index (χ0v) is 14.4. The van der Waals surface area contributed by atoms with Crippen LogP contribution in [0, 0.1) is 0 Å². The van der Waals surface area contributed by atoms with Gasteiger partial charge in [0, 0.05) is 31.5 Å². The Labute approximate surface area is 143 Å². The highest BCUT2D eigenvalue weighted by atomic mass is 16.5. The minimum absolute atomic E-state index is 0.742. The number of nitrogens with zero attached hydrogens (tertiary/aromatic N) is 4. The van der Waals surface area contributed by atoms with Crippen LogP contribution in [0.25, 0.3) is 5.69 Å². The Morgan fingerprint density at radius 2 is 2.12 bits per heavy atom. The average Bonchev–Trinajstić information content (AvgIpc) is 3.24. The molecule has 2 aliphatic heterocycles. The molecule has 0 bridgehead atoms. The monoisotopic (exact) mass is 326 g/mol. The molecule has 2 saturated heterocycles. The molecule has 3 heterocycles. The van der Waals surface area contributed by atoms with Crippen molar-refractivity contribution >= 4 is 0 Å². The second-order valence-corrected chi connectivity index (χ2v) is 6.87. The van der Waals surface area contributed by atoms with Crippen LogP contribution in [0.4, 0.5) is 0 Å². The first kappa shape index (κ1) is 15.7. The van der Waals surface area contributed by atoms with E-state index in [1.54, 1.807) is 7.11 Å². The van der Waals surface area contributed by atoms with Gasteiger partial charge in [0.15, 0.2) is 0 Å². The number of methoxy groups -OCH3 is 1. The van der Waals surface area contributed by atoms with E-state index in [0.29, 0.717) is 0 Å². The molecule has 5 heteroatoms. The van der Waals surface area contributed by atoms with Gasteiger partial charge in [0.25, 0.3) is 0 Å². The maximum absolute atomic E-state index is 5.45. The zero-order valence-electron chi connectivity index (χ0n) is 14.4. The van der Waals surface area contributed by atoms with Gasteiger partial charge in [0.2, 0.25) is 0 Å². The zero-order chi connectivity index (χ0) is 16.4. The van der Waals surface area contributed by atoms with Crippen molar-refractivity contribution in [1.82, 2.24) is 19.6 Å². The van der Waals surface area contributed by atoms with Gasteiger partial charge in [0.1, 0.15) is 5.75 Å². The molecular formula is C19H26N4O. The summed E-state index contributed by atoms with van der Waals surface area (Å²) in [6.07, 6.45) is 7.80. The molecule has 1 aromatic heterocycles. The maximum atomic E-state index is 5.45. The van der Waals surface area contributed by atoms with E-state index in [1.165, 1.54) is 51.0 Å². The van der Waals surface area contributed by atoms with Gasteiger partial charge in [-0.15, -0.1) is 0 Å². The van der Waals surface area contributed by atoms with E-state index in [4.69, 9.17) is 4.74 Å². The van der Waals surface area contributed by atoms with Crippen molar-refractivity contribution in [2.45, 2.75) is 31.8 Å². The lowest BCUT2D eigenvalue weighted by Gasteiger charge is -2.26. The number of rotatable bonds is 4. The number of hydrogen-bond acceptors (Lipinski definition) is 4. The van der Waals surface area contributed by atoms with Gasteiger partial charge in [-0.25, -0.2) is 4.68 Å². The van der Waals surface area contributed by atoms with Crippen LogP contribution in [0.5, 0.6) is 5.75 Å².